The van der Waals surface area contributed by atoms with Gasteiger partial charge in [0.15, 0.2) is 5.82 Å². The number of carbonyl (C=O) groups is 1. The molecule has 0 radical (unpaired) electrons. The van der Waals surface area contributed by atoms with Crippen molar-refractivity contribution in [3.8, 4) is 0 Å². The van der Waals surface area contributed by atoms with Gasteiger partial charge in [0.25, 0.3) is 0 Å². The molecule has 3 heterocycles. The number of carboxylic acids is 1. The molecular weight excluding hydrogens is 256 g/mol. The summed E-state index contributed by atoms with van der Waals surface area (Å²) in [6.07, 6.45) is 4.78. The van der Waals surface area contributed by atoms with Gasteiger partial charge in [0, 0.05) is 18.9 Å². The highest BCUT2D eigenvalue weighted by Crippen LogP contribution is 2.22. The number of aryl methyl sites for hydroxylation is 1. The Hall–Kier alpha value is -1.43. The largest absolute Gasteiger partial charge is 0.481 e. The van der Waals surface area contributed by atoms with E-state index in [1.165, 1.54) is 19.4 Å². The van der Waals surface area contributed by atoms with Crippen molar-refractivity contribution in [2.75, 3.05) is 13.1 Å². The molecule has 0 aliphatic carbocycles. The highest BCUT2D eigenvalue weighted by molar-refractivity contribution is 5.70. The number of nitrogens with zero attached hydrogens (tertiary/aromatic N) is 4. The summed E-state index contributed by atoms with van der Waals surface area (Å²) in [5, 5.41) is 13.6. The van der Waals surface area contributed by atoms with E-state index >= 15 is 0 Å². The molecule has 2 atom stereocenters. The Morgan fingerprint density at radius 1 is 1.45 bits per heavy atom. The van der Waals surface area contributed by atoms with Crippen LogP contribution in [0.2, 0.25) is 0 Å². The molecule has 6 nitrogen and oxygen atoms in total. The van der Waals surface area contributed by atoms with Gasteiger partial charge >= 0.3 is 5.97 Å². The van der Waals surface area contributed by atoms with E-state index in [0.717, 1.165) is 31.0 Å². The molecule has 1 fully saturated rings. The lowest BCUT2D eigenvalue weighted by molar-refractivity contribution is -0.142. The third kappa shape index (κ3) is 2.57. The quantitative estimate of drug-likeness (QED) is 0.888. The van der Waals surface area contributed by atoms with Crippen molar-refractivity contribution in [2.45, 2.75) is 51.6 Å². The van der Waals surface area contributed by atoms with Crippen molar-refractivity contribution in [1.29, 1.82) is 0 Å². The second-order valence-electron chi connectivity index (χ2n) is 5.83. The molecular formula is C14H22N4O2. The maximum absolute atomic E-state index is 11.1. The molecule has 110 valence electrons. The number of likely N-dealkylation sites (tertiary alicyclic amines) is 1. The van der Waals surface area contributed by atoms with Crippen LogP contribution < -0.4 is 0 Å². The van der Waals surface area contributed by atoms with E-state index in [-0.39, 0.29) is 5.92 Å². The van der Waals surface area contributed by atoms with Crippen LogP contribution in [-0.2, 0) is 24.2 Å². The predicted molar refractivity (Wildman–Crippen MR) is 73.4 cm³/mol. The minimum atomic E-state index is -0.722. The maximum Gasteiger partial charge on any atom is 0.308 e. The topological polar surface area (TPSA) is 71.2 Å². The minimum Gasteiger partial charge on any atom is -0.481 e. The number of fused-ring (bicyclic) bond motifs is 1. The van der Waals surface area contributed by atoms with E-state index in [9.17, 15) is 4.79 Å². The molecule has 3 rings (SSSR count). The first kappa shape index (κ1) is 13.5. The summed E-state index contributed by atoms with van der Waals surface area (Å²) in [6.45, 7) is 4.93. The molecule has 2 aliphatic rings. The highest BCUT2D eigenvalue weighted by atomic mass is 16.4. The zero-order valence-electron chi connectivity index (χ0n) is 12.0. The van der Waals surface area contributed by atoms with Gasteiger partial charge in [0.2, 0.25) is 0 Å². The average Bonchev–Trinajstić information content (AvgIpc) is 3.03. The van der Waals surface area contributed by atoms with Gasteiger partial charge in [-0.3, -0.25) is 4.79 Å². The van der Waals surface area contributed by atoms with Gasteiger partial charge in [-0.2, -0.15) is 5.10 Å². The average molecular weight is 278 g/mol. The summed E-state index contributed by atoms with van der Waals surface area (Å²) >= 11 is 0. The molecule has 2 aliphatic heterocycles. The third-order valence-corrected chi connectivity index (χ3v) is 4.57. The predicted octanol–water partition coefficient (Wildman–Crippen LogP) is 0.952. The van der Waals surface area contributed by atoms with Crippen molar-refractivity contribution in [2.24, 2.45) is 5.92 Å². The minimum absolute atomic E-state index is 0.310. The number of aliphatic carboxylic acids is 1. The zero-order valence-corrected chi connectivity index (χ0v) is 12.0. The van der Waals surface area contributed by atoms with E-state index in [1.807, 2.05) is 4.68 Å². The van der Waals surface area contributed by atoms with Gasteiger partial charge in [0.05, 0.1) is 12.5 Å². The Morgan fingerprint density at radius 3 is 3.05 bits per heavy atom. The molecule has 20 heavy (non-hydrogen) atoms. The Kier molecular flexibility index (Phi) is 3.74. The Labute approximate surface area is 118 Å². The lowest BCUT2D eigenvalue weighted by atomic mass is 10.0. The number of likely N-dealkylation sites (N-methyl/N-ethyl adjacent to an activating group) is 1. The Balaban J connectivity index is 1.69. The van der Waals surface area contributed by atoms with Gasteiger partial charge < -0.3 is 10.0 Å². The number of aromatic nitrogens is 3. The second kappa shape index (κ2) is 5.52. The van der Waals surface area contributed by atoms with Crippen molar-refractivity contribution in [1.82, 2.24) is 19.7 Å². The van der Waals surface area contributed by atoms with Crippen molar-refractivity contribution < 1.29 is 9.90 Å². The molecule has 0 bridgehead atoms. The normalized spacial score (nSPS) is 26.6. The number of carboxylic acid groups (broad SMARTS) is 1. The van der Waals surface area contributed by atoms with Crippen LogP contribution in [0.15, 0.2) is 0 Å². The second-order valence-corrected chi connectivity index (χ2v) is 5.83. The summed E-state index contributed by atoms with van der Waals surface area (Å²) in [7, 11) is 0. The first-order chi connectivity index (χ1) is 9.67. The summed E-state index contributed by atoms with van der Waals surface area (Å²) in [4.78, 5) is 18.2. The first-order valence-electron chi connectivity index (χ1n) is 7.56. The standard InChI is InChI=1S/C14H22N4O2/c1-2-17-7-3-4-11(17)8-12-15-13-6-5-10(14(19)20)9-18(13)16-12/h10-11H,2-9H2,1H3,(H,19,20). The Bertz CT molecular complexity index is 499. The number of rotatable bonds is 4. The monoisotopic (exact) mass is 278 g/mol. The van der Waals surface area contributed by atoms with Crippen LogP contribution in [0.4, 0.5) is 0 Å². The first-order valence-corrected chi connectivity index (χ1v) is 7.56. The smallest absolute Gasteiger partial charge is 0.308 e. The zero-order chi connectivity index (χ0) is 14.1. The fourth-order valence-corrected chi connectivity index (χ4v) is 3.40. The van der Waals surface area contributed by atoms with Gasteiger partial charge in [-0.25, -0.2) is 9.67 Å². The molecule has 0 spiro atoms. The van der Waals surface area contributed by atoms with Gasteiger partial charge in [-0.15, -0.1) is 0 Å². The van der Waals surface area contributed by atoms with E-state index in [0.29, 0.717) is 19.0 Å². The van der Waals surface area contributed by atoms with Gasteiger partial charge in [0.1, 0.15) is 5.82 Å². The van der Waals surface area contributed by atoms with E-state index in [4.69, 9.17) is 5.11 Å². The number of hydrogen-bond donors (Lipinski definition) is 1. The van der Waals surface area contributed by atoms with Crippen molar-refractivity contribution in [3.05, 3.63) is 11.6 Å². The molecule has 6 heteroatoms. The molecule has 0 saturated carbocycles. The lowest BCUT2D eigenvalue weighted by Gasteiger charge is -2.21. The fourth-order valence-electron chi connectivity index (χ4n) is 3.40. The molecule has 1 aromatic heterocycles. The van der Waals surface area contributed by atoms with Crippen LogP contribution in [-0.4, -0.2) is 49.9 Å². The van der Waals surface area contributed by atoms with E-state index in [2.05, 4.69) is 21.9 Å². The van der Waals surface area contributed by atoms with Gasteiger partial charge in [-0.05, 0) is 32.4 Å². The van der Waals surface area contributed by atoms with E-state index < -0.39 is 5.97 Å². The number of hydrogen-bond acceptors (Lipinski definition) is 4. The summed E-state index contributed by atoms with van der Waals surface area (Å²) in [6, 6.07) is 0.555. The molecule has 0 amide bonds. The molecule has 0 aromatic carbocycles. The van der Waals surface area contributed by atoms with E-state index in [1.54, 1.807) is 0 Å². The van der Waals surface area contributed by atoms with Crippen molar-refractivity contribution in [3.63, 3.8) is 0 Å². The molecule has 1 saturated heterocycles. The molecule has 2 unspecified atom stereocenters. The van der Waals surface area contributed by atoms with Crippen LogP contribution >= 0.6 is 0 Å². The highest BCUT2D eigenvalue weighted by Gasteiger charge is 2.28. The van der Waals surface area contributed by atoms with Crippen LogP contribution in [0.5, 0.6) is 0 Å². The Morgan fingerprint density at radius 2 is 2.30 bits per heavy atom. The van der Waals surface area contributed by atoms with Crippen LogP contribution in [0.3, 0.4) is 0 Å². The molecule has 1 N–H and O–H groups in total. The summed E-state index contributed by atoms with van der Waals surface area (Å²) < 4.78 is 1.81. The van der Waals surface area contributed by atoms with Crippen LogP contribution in [0.25, 0.3) is 0 Å². The SMILES string of the molecule is CCN1CCCC1Cc1nc2n(n1)CC(C(=O)O)CC2. The van der Waals surface area contributed by atoms with Crippen LogP contribution in [0.1, 0.15) is 37.8 Å². The van der Waals surface area contributed by atoms with Crippen molar-refractivity contribution >= 4 is 5.97 Å². The third-order valence-electron chi connectivity index (χ3n) is 4.57. The fraction of sp³-hybridized carbons (Fsp3) is 0.786. The lowest BCUT2D eigenvalue weighted by Crippen LogP contribution is -2.31. The molecule has 1 aromatic rings. The maximum atomic E-state index is 11.1. The van der Waals surface area contributed by atoms with Gasteiger partial charge in [-0.1, -0.05) is 6.92 Å². The summed E-state index contributed by atoms with van der Waals surface area (Å²) in [5.41, 5.74) is 0. The van der Waals surface area contributed by atoms with Crippen LogP contribution in [0, 0.1) is 5.92 Å². The summed E-state index contributed by atoms with van der Waals surface area (Å²) in [5.74, 6) is 0.811.